The normalized spacial score (nSPS) is 21.7. The van der Waals surface area contributed by atoms with Crippen molar-refractivity contribution in [1.29, 1.82) is 0 Å². The van der Waals surface area contributed by atoms with Crippen LogP contribution in [-0.4, -0.2) is 33.2 Å². The van der Waals surface area contributed by atoms with Crippen molar-refractivity contribution in [2.45, 2.75) is 24.2 Å². The zero-order chi connectivity index (χ0) is 15.3. The maximum Gasteiger partial charge on any atom is 0.337 e. The molecule has 1 saturated carbocycles. The highest BCUT2D eigenvalue weighted by Gasteiger charge is 2.50. The van der Waals surface area contributed by atoms with Crippen molar-refractivity contribution in [3.63, 3.8) is 0 Å². The lowest BCUT2D eigenvalue weighted by Crippen LogP contribution is -2.45. The number of amides is 1. The fourth-order valence-electron chi connectivity index (χ4n) is 2.86. The summed E-state index contributed by atoms with van der Waals surface area (Å²) in [6.45, 7) is 0. The van der Waals surface area contributed by atoms with Crippen LogP contribution in [0, 0.1) is 5.41 Å². The van der Waals surface area contributed by atoms with E-state index in [-0.39, 0.29) is 27.8 Å². The molecule has 1 N–H and O–H groups in total. The monoisotopic (exact) mass is 309 g/mol. The van der Waals surface area contributed by atoms with Crippen LogP contribution >= 0.6 is 0 Å². The average molecular weight is 309 g/mol. The summed E-state index contributed by atoms with van der Waals surface area (Å²) in [6.07, 6.45) is 2.01. The van der Waals surface area contributed by atoms with E-state index >= 15 is 0 Å². The Morgan fingerprint density at radius 3 is 2.62 bits per heavy atom. The molecule has 6 nitrogen and oxygen atoms in total. The Kier molecular flexibility index (Phi) is 3.05. The fraction of sp³-hybridized carbons (Fsp3) is 0.429. The van der Waals surface area contributed by atoms with Crippen LogP contribution in [0.25, 0.3) is 0 Å². The largest absolute Gasteiger partial charge is 0.465 e. The molecule has 21 heavy (non-hydrogen) atoms. The van der Waals surface area contributed by atoms with Crippen molar-refractivity contribution in [2.24, 2.45) is 5.41 Å². The predicted octanol–water partition coefficient (Wildman–Crippen LogP) is 1.37. The van der Waals surface area contributed by atoms with Gasteiger partial charge in [-0.05, 0) is 31.0 Å². The molecule has 2 aliphatic rings. The lowest BCUT2D eigenvalue weighted by atomic mass is 9.69. The second kappa shape index (κ2) is 4.56. The molecule has 1 aromatic carbocycles. The van der Waals surface area contributed by atoms with Gasteiger partial charge in [-0.2, -0.15) is 0 Å². The molecule has 7 heteroatoms. The van der Waals surface area contributed by atoms with Gasteiger partial charge in [-0.25, -0.2) is 13.2 Å². The minimum Gasteiger partial charge on any atom is -0.465 e. The number of esters is 1. The predicted molar refractivity (Wildman–Crippen MR) is 74.7 cm³/mol. The number of nitrogens with one attached hydrogen (secondary N) is 1. The second-order valence-corrected chi connectivity index (χ2v) is 7.51. The third kappa shape index (κ3) is 2.12. The van der Waals surface area contributed by atoms with Crippen molar-refractivity contribution in [3.05, 3.63) is 23.8 Å². The first-order valence-electron chi connectivity index (χ1n) is 6.65. The Balaban J connectivity index is 2.12. The molecule has 1 aliphatic heterocycles. The van der Waals surface area contributed by atoms with Crippen LogP contribution < -0.4 is 5.32 Å². The lowest BCUT2D eigenvalue weighted by Gasteiger charge is -2.38. The standard InChI is InChI=1S/C14H15NO5S/c1-20-12(16)9-3-4-10-11(7-9)21(18,19)8-14(5-2-6-14)13(17)15-10/h3-4,7H,2,5-6,8H2,1H3,(H,15,17). The van der Waals surface area contributed by atoms with Crippen LogP contribution in [0.3, 0.4) is 0 Å². The minimum absolute atomic E-state index is 0.0116. The van der Waals surface area contributed by atoms with E-state index in [1.807, 2.05) is 0 Å². The van der Waals surface area contributed by atoms with Gasteiger partial charge in [0.1, 0.15) is 0 Å². The van der Waals surface area contributed by atoms with Gasteiger partial charge in [-0.15, -0.1) is 0 Å². The molecule has 112 valence electrons. The van der Waals surface area contributed by atoms with Gasteiger partial charge in [0.15, 0.2) is 9.84 Å². The van der Waals surface area contributed by atoms with Gasteiger partial charge in [0.05, 0.1) is 34.4 Å². The van der Waals surface area contributed by atoms with Gasteiger partial charge in [-0.1, -0.05) is 6.42 Å². The van der Waals surface area contributed by atoms with E-state index in [0.717, 1.165) is 6.42 Å². The summed E-state index contributed by atoms with van der Waals surface area (Å²) in [5, 5.41) is 2.68. The number of sulfone groups is 1. The SMILES string of the molecule is COC(=O)c1ccc2c(c1)S(=O)(=O)CC1(CCC1)C(=O)N2. The van der Waals surface area contributed by atoms with Gasteiger partial charge in [0.2, 0.25) is 5.91 Å². The molecular weight excluding hydrogens is 294 g/mol. The molecule has 3 rings (SSSR count). The highest BCUT2D eigenvalue weighted by Crippen LogP contribution is 2.46. The second-order valence-electron chi connectivity index (χ2n) is 5.55. The van der Waals surface area contributed by atoms with Crippen molar-refractivity contribution < 1.29 is 22.7 Å². The Hall–Kier alpha value is -1.89. The van der Waals surface area contributed by atoms with Gasteiger partial charge < -0.3 is 10.1 Å². The first-order chi connectivity index (χ1) is 9.88. The van der Waals surface area contributed by atoms with Gasteiger partial charge in [-0.3, -0.25) is 4.79 Å². The van der Waals surface area contributed by atoms with Crippen molar-refractivity contribution in [2.75, 3.05) is 18.2 Å². The van der Waals surface area contributed by atoms with Crippen molar-refractivity contribution in [1.82, 2.24) is 0 Å². The van der Waals surface area contributed by atoms with E-state index in [0.29, 0.717) is 12.8 Å². The van der Waals surface area contributed by atoms with Crippen LogP contribution in [-0.2, 0) is 19.4 Å². The van der Waals surface area contributed by atoms with E-state index in [2.05, 4.69) is 10.1 Å². The molecule has 0 bridgehead atoms. The van der Waals surface area contributed by atoms with E-state index in [1.54, 1.807) is 0 Å². The lowest BCUT2D eigenvalue weighted by molar-refractivity contribution is -0.128. The number of carbonyl (C=O) groups excluding carboxylic acids is 2. The maximum absolute atomic E-state index is 12.6. The van der Waals surface area contributed by atoms with Crippen LogP contribution in [0.15, 0.2) is 23.1 Å². The number of methoxy groups -OCH3 is 1. The summed E-state index contributed by atoms with van der Waals surface area (Å²) >= 11 is 0. The maximum atomic E-state index is 12.6. The summed E-state index contributed by atoms with van der Waals surface area (Å²) in [6, 6.07) is 4.16. The molecular formula is C14H15NO5S. The molecule has 0 unspecified atom stereocenters. The first-order valence-corrected chi connectivity index (χ1v) is 8.30. The number of rotatable bonds is 1. The van der Waals surface area contributed by atoms with Crippen LogP contribution in [0.5, 0.6) is 0 Å². The quantitative estimate of drug-likeness (QED) is 0.791. The molecule has 1 heterocycles. The van der Waals surface area contributed by atoms with Crippen molar-refractivity contribution >= 4 is 27.4 Å². The molecule has 1 amide bonds. The van der Waals surface area contributed by atoms with E-state index in [9.17, 15) is 18.0 Å². The van der Waals surface area contributed by atoms with Gasteiger partial charge in [0, 0.05) is 0 Å². The summed E-state index contributed by atoms with van der Waals surface area (Å²) in [7, 11) is -2.41. The molecule has 1 spiro atoms. The number of hydrogen-bond donors (Lipinski definition) is 1. The fourth-order valence-corrected chi connectivity index (χ4v) is 4.93. The Morgan fingerprint density at radius 2 is 2.05 bits per heavy atom. The topological polar surface area (TPSA) is 89.5 Å². The minimum atomic E-state index is -3.64. The summed E-state index contributed by atoms with van der Waals surface area (Å²) < 4.78 is 29.7. The summed E-state index contributed by atoms with van der Waals surface area (Å²) in [4.78, 5) is 23.8. The molecule has 0 aromatic heterocycles. The van der Waals surface area contributed by atoms with Crippen LogP contribution in [0.4, 0.5) is 5.69 Å². The van der Waals surface area contributed by atoms with E-state index in [4.69, 9.17) is 0 Å². The van der Waals surface area contributed by atoms with Gasteiger partial charge in [0.25, 0.3) is 0 Å². The van der Waals surface area contributed by atoms with Gasteiger partial charge >= 0.3 is 5.97 Å². The molecule has 1 aliphatic carbocycles. The summed E-state index contributed by atoms with van der Waals surface area (Å²) in [5.74, 6) is -1.06. The third-order valence-corrected chi connectivity index (χ3v) is 6.19. The highest BCUT2D eigenvalue weighted by atomic mass is 32.2. The van der Waals surface area contributed by atoms with E-state index < -0.39 is 21.2 Å². The van der Waals surface area contributed by atoms with Crippen molar-refractivity contribution in [3.8, 4) is 0 Å². The highest BCUT2D eigenvalue weighted by molar-refractivity contribution is 7.91. The Morgan fingerprint density at radius 1 is 1.33 bits per heavy atom. The Bertz CT molecular complexity index is 734. The number of ether oxygens (including phenoxy) is 1. The molecule has 0 radical (unpaired) electrons. The zero-order valence-corrected chi connectivity index (χ0v) is 12.3. The number of benzene rings is 1. The van der Waals surface area contributed by atoms with Crippen LogP contribution in [0.1, 0.15) is 29.6 Å². The number of carbonyl (C=O) groups is 2. The molecule has 1 aromatic rings. The number of hydrogen-bond acceptors (Lipinski definition) is 5. The van der Waals surface area contributed by atoms with Crippen LogP contribution in [0.2, 0.25) is 0 Å². The van der Waals surface area contributed by atoms with E-state index in [1.165, 1.54) is 25.3 Å². The molecule has 0 atom stereocenters. The number of anilines is 1. The first kappa shape index (κ1) is 14.1. The third-order valence-electron chi connectivity index (χ3n) is 4.24. The molecule has 0 saturated heterocycles. The molecule has 1 fully saturated rings. The number of fused-ring (bicyclic) bond motifs is 1. The average Bonchev–Trinajstić information content (AvgIpc) is 2.50. The Labute approximate surface area is 122 Å². The smallest absolute Gasteiger partial charge is 0.337 e. The zero-order valence-electron chi connectivity index (χ0n) is 11.5. The summed E-state index contributed by atoms with van der Waals surface area (Å²) in [5.41, 5.74) is -0.432.